The molecule has 0 N–H and O–H groups in total. The van der Waals surface area contributed by atoms with E-state index in [1.165, 1.54) is 0 Å². The van der Waals surface area contributed by atoms with Crippen molar-refractivity contribution in [3.05, 3.63) is 11.3 Å². The lowest BCUT2D eigenvalue weighted by Crippen LogP contribution is -2.22. The van der Waals surface area contributed by atoms with Gasteiger partial charge in [-0.05, 0) is 5.92 Å². The summed E-state index contributed by atoms with van der Waals surface area (Å²) in [4.78, 5) is 11.6. The maximum absolute atomic E-state index is 11.6. The molecule has 0 spiro atoms. The minimum atomic E-state index is 0.268. The third kappa shape index (κ3) is 2.11. The van der Waals surface area contributed by atoms with Gasteiger partial charge < -0.3 is 4.74 Å². The number of allylic oxidation sites excluding steroid dienone is 2. The van der Waals surface area contributed by atoms with Crippen LogP contribution in [-0.4, -0.2) is 12.4 Å². The zero-order valence-corrected chi connectivity index (χ0v) is 8.89. The molecule has 0 aliphatic carbocycles. The maximum atomic E-state index is 11.6. The molecule has 0 saturated heterocycles. The third-order valence-electron chi connectivity index (χ3n) is 2.25. The van der Waals surface area contributed by atoms with Gasteiger partial charge in [-0.1, -0.05) is 27.7 Å². The highest BCUT2D eigenvalue weighted by atomic mass is 16.5. The molecule has 2 heteroatoms. The van der Waals surface area contributed by atoms with Crippen LogP contribution >= 0.6 is 0 Å². The number of rotatable bonds is 2. The molecule has 0 aromatic rings. The summed E-state index contributed by atoms with van der Waals surface area (Å²) in [6.07, 6.45) is 0.545. The molecular formula is C11H18O2. The summed E-state index contributed by atoms with van der Waals surface area (Å²) in [5.74, 6) is 1.78. The fourth-order valence-corrected chi connectivity index (χ4v) is 1.69. The van der Waals surface area contributed by atoms with E-state index in [2.05, 4.69) is 13.8 Å². The molecule has 2 nitrogen and oxygen atoms in total. The van der Waals surface area contributed by atoms with E-state index in [0.717, 1.165) is 11.3 Å². The van der Waals surface area contributed by atoms with E-state index in [1.807, 2.05) is 13.8 Å². The Bertz CT molecular complexity index is 236. The van der Waals surface area contributed by atoms with Crippen LogP contribution in [0.2, 0.25) is 0 Å². The molecule has 0 atom stereocenters. The molecule has 0 aromatic heterocycles. The van der Waals surface area contributed by atoms with Crippen LogP contribution < -0.4 is 0 Å². The van der Waals surface area contributed by atoms with Gasteiger partial charge >= 0.3 is 0 Å². The van der Waals surface area contributed by atoms with E-state index >= 15 is 0 Å². The van der Waals surface area contributed by atoms with E-state index in [1.54, 1.807) is 0 Å². The van der Waals surface area contributed by atoms with Crippen molar-refractivity contribution >= 4 is 5.78 Å². The van der Waals surface area contributed by atoms with Crippen molar-refractivity contribution in [1.29, 1.82) is 0 Å². The average Bonchev–Trinajstić information content (AvgIpc) is 2.02. The minimum Gasteiger partial charge on any atom is -0.497 e. The monoisotopic (exact) mass is 182 g/mol. The second kappa shape index (κ2) is 3.95. The van der Waals surface area contributed by atoms with E-state index < -0.39 is 0 Å². The van der Waals surface area contributed by atoms with Gasteiger partial charge in [0.2, 0.25) is 0 Å². The zero-order chi connectivity index (χ0) is 10.0. The van der Waals surface area contributed by atoms with Gasteiger partial charge in [-0.25, -0.2) is 0 Å². The standard InChI is InChI=1S/C11H18O2/c1-7(2)10-9(12)5-6-13-11(10)8(3)4/h7-8H,5-6H2,1-4H3. The normalized spacial score (nSPS) is 18.5. The molecule has 0 amide bonds. The van der Waals surface area contributed by atoms with Crippen LogP contribution in [0.5, 0.6) is 0 Å². The largest absolute Gasteiger partial charge is 0.497 e. The average molecular weight is 182 g/mol. The smallest absolute Gasteiger partial charge is 0.165 e. The second-order valence-corrected chi connectivity index (χ2v) is 4.11. The topological polar surface area (TPSA) is 26.3 Å². The molecule has 1 aliphatic heterocycles. The van der Waals surface area contributed by atoms with E-state index in [0.29, 0.717) is 18.9 Å². The molecule has 1 aliphatic rings. The van der Waals surface area contributed by atoms with Crippen LogP contribution in [-0.2, 0) is 9.53 Å². The molecule has 1 rings (SSSR count). The van der Waals surface area contributed by atoms with Crippen LogP contribution in [0.1, 0.15) is 34.1 Å². The van der Waals surface area contributed by atoms with Crippen LogP contribution in [0, 0.1) is 11.8 Å². The summed E-state index contributed by atoms with van der Waals surface area (Å²) in [6.45, 7) is 8.78. The van der Waals surface area contributed by atoms with Gasteiger partial charge in [0.1, 0.15) is 5.76 Å². The molecule has 0 unspecified atom stereocenters. The SMILES string of the molecule is CC(C)C1=C(C(C)C)C(=O)CCO1. The van der Waals surface area contributed by atoms with Gasteiger partial charge in [0.15, 0.2) is 5.78 Å². The number of Topliss-reactive ketones (excluding diaryl/α,β-unsaturated/α-hetero) is 1. The summed E-state index contributed by atoms with van der Waals surface area (Å²) in [6, 6.07) is 0. The van der Waals surface area contributed by atoms with Crippen LogP contribution in [0.15, 0.2) is 11.3 Å². The Labute approximate surface area is 80.0 Å². The van der Waals surface area contributed by atoms with Crippen molar-refractivity contribution in [3.63, 3.8) is 0 Å². The molecular weight excluding hydrogens is 164 g/mol. The van der Waals surface area contributed by atoms with Crippen molar-refractivity contribution in [2.45, 2.75) is 34.1 Å². The lowest BCUT2D eigenvalue weighted by Gasteiger charge is -2.24. The summed E-state index contributed by atoms with van der Waals surface area (Å²) in [5.41, 5.74) is 0.904. The van der Waals surface area contributed by atoms with Gasteiger partial charge in [-0.2, -0.15) is 0 Å². The summed E-state index contributed by atoms with van der Waals surface area (Å²) in [5, 5.41) is 0. The first-order valence-corrected chi connectivity index (χ1v) is 4.94. The summed E-state index contributed by atoms with van der Waals surface area (Å²) in [7, 11) is 0. The molecule has 0 bridgehead atoms. The first kappa shape index (κ1) is 10.3. The Morgan fingerprint density at radius 2 is 1.77 bits per heavy atom. The number of hydrogen-bond acceptors (Lipinski definition) is 2. The molecule has 74 valence electrons. The first-order valence-electron chi connectivity index (χ1n) is 4.94. The minimum absolute atomic E-state index is 0.268. The molecule has 0 saturated carbocycles. The number of ether oxygens (including phenoxy) is 1. The molecule has 0 aromatic carbocycles. The van der Waals surface area contributed by atoms with Crippen LogP contribution in [0.3, 0.4) is 0 Å². The number of carbonyl (C=O) groups is 1. The molecule has 0 fully saturated rings. The van der Waals surface area contributed by atoms with Gasteiger partial charge in [-0.15, -0.1) is 0 Å². The summed E-state index contributed by atoms with van der Waals surface area (Å²) >= 11 is 0. The number of ketones is 1. The van der Waals surface area contributed by atoms with Crippen molar-refractivity contribution in [2.24, 2.45) is 11.8 Å². The Balaban J connectivity index is 3.04. The predicted molar refractivity (Wildman–Crippen MR) is 52.3 cm³/mol. The number of carbonyl (C=O) groups excluding carboxylic acids is 1. The van der Waals surface area contributed by atoms with Gasteiger partial charge in [0, 0.05) is 17.9 Å². The highest BCUT2D eigenvalue weighted by molar-refractivity contribution is 5.96. The number of hydrogen-bond donors (Lipinski definition) is 0. The van der Waals surface area contributed by atoms with Crippen LogP contribution in [0.4, 0.5) is 0 Å². The summed E-state index contributed by atoms with van der Waals surface area (Å²) < 4.78 is 5.54. The highest BCUT2D eigenvalue weighted by Gasteiger charge is 2.25. The second-order valence-electron chi connectivity index (χ2n) is 4.11. The zero-order valence-electron chi connectivity index (χ0n) is 8.89. The van der Waals surface area contributed by atoms with E-state index in [9.17, 15) is 4.79 Å². The Kier molecular flexibility index (Phi) is 3.12. The predicted octanol–water partition coefficient (Wildman–Crippen LogP) is 2.54. The van der Waals surface area contributed by atoms with Gasteiger partial charge in [0.25, 0.3) is 0 Å². The molecule has 0 radical (unpaired) electrons. The van der Waals surface area contributed by atoms with Gasteiger partial charge in [-0.3, -0.25) is 4.79 Å². The lowest BCUT2D eigenvalue weighted by atomic mass is 9.91. The van der Waals surface area contributed by atoms with Crippen molar-refractivity contribution < 1.29 is 9.53 Å². The van der Waals surface area contributed by atoms with Gasteiger partial charge in [0.05, 0.1) is 6.61 Å². The van der Waals surface area contributed by atoms with E-state index in [4.69, 9.17) is 4.74 Å². The van der Waals surface area contributed by atoms with E-state index in [-0.39, 0.29) is 11.7 Å². The van der Waals surface area contributed by atoms with Crippen molar-refractivity contribution in [1.82, 2.24) is 0 Å². The Morgan fingerprint density at radius 3 is 2.15 bits per heavy atom. The van der Waals surface area contributed by atoms with Crippen molar-refractivity contribution in [2.75, 3.05) is 6.61 Å². The maximum Gasteiger partial charge on any atom is 0.165 e. The molecule has 1 heterocycles. The Hall–Kier alpha value is -0.790. The first-order chi connectivity index (χ1) is 6.04. The fourth-order valence-electron chi connectivity index (χ4n) is 1.69. The quantitative estimate of drug-likeness (QED) is 0.656. The fraction of sp³-hybridized carbons (Fsp3) is 0.727. The third-order valence-corrected chi connectivity index (χ3v) is 2.25. The highest BCUT2D eigenvalue weighted by Crippen LogP contribution is 2.27. The van der Waals surface area contributed by atoms with Crippen LogP contribution in [0.25, 0.3) is 0 Å². The van der Waals surface area contributed by atoms with Crippen molar-refractivity contribution in [3.8, 4) is 0 Å². The molecule has 13 heavy (non-hydrogen) atoms. The lowest BCUT2D eigenvalue weighted by molar-refractivity contribution is -0.118. The Morgan fingerprint density at radius 1 is 1.15 bits per heavy atom.